The first kappa shape index (κ1) is 15.3. The van der Waals surface area contributed by atoms with Gasteiger partial charge in [0.1, 0.15) is 0 Å². The van der Waals surface area contributed by atoms with Gasteiger partial charge in [0.15, 0.2) is 0 Å². The lowest BCUT2D eigenvalue weighted by Gasteiger charge is -2.08. The normalized spacial score (nSPS) is 9.95. The molecule has 2 aromatic rings. The molecule has 0 atom stereocenters. The van der Waals surface area contributed by atoms with Crippen molar-refractivity contribution in [3.8, 4) is 0 Å². The first-order valence-corrected chi connectivity index (χ1v) is 7.32. The Morgan fingerprint density at radius 1 is 1.05 bits per heavy atom. The van der Waals surface area contributed by atoms with Crippen LogP contribution < -0.4 is 16.4 Å². The lowest BCUT2D eigenvalue weighted by atomic mass is 10.2. The lowest BCUT2D eigenvalue weighted by Crippen LogP contribution is -2.33. The number of para-hydroxylation sites is 1. The maximum Gasteiger partial charge on any atom is 0.251 e. The molecule has 0 saturated heterocycles. The molecule has 21 heavy (non-hydrogen) atoms. The number of rotatable bonds is 4. The number of nitrogens with one attached hydrogen (secondary N) is 2. The second-order valence-electron chi connectivity index (χ2n) is 4.33. The zero-order valence-electron chi connectivity index (χ0n) is 11.1. The van der Waals surface area contributed by atoms with Crippen LogP contribution in [-0.4, -0.2) is 18.4 Å². The van der Waals surface area contributed by atoms with Crippen molar-refractivity contribution < 1.29 is 9.59 Å². The van der Waals surface area contributed by atoms with Crippen LogP contribution >= 0.6 is 22.6 Å². The fourth-order valence-electron chi connectivity index (χ4n) is 1.65. The fourth-order valence-corrected chi connectivity index (χ4v) is 2.18. The van der Waals surface area contributed by atoms with Crippen molar-refractivity contribution in [1.29, 1.82) is 0 Å². The van der Waals surface area contributed by atoms with Crippen LogP contribution in [0.5, 0.6) is 0 Å². The highest BCUT2D eigenvalue weighted by Gasteiger charge is 2.09. The average molecular weight is 395 g/mol. The number of hydrogen-bond donors (Lipinski definition) is 3. The Labute approximate surface area is 136 Å². The van der Waals surface area contributed by atoms with E-state index in [1.165, 1.54) is 0 Å². The van der Waals surface area contributed by atoms with Gasteiger partial charge in [-0.2, -0.15) is 0 Å². The maximum atomic E-state index is 11.8. The van der Waals surface area contributed by atoms with Crippen LogP contribution in [0.15, 0.2) is 48.5 Å². The summed E-state index contributed by atoms with van der Waals surface area (Å²) in [5.41, 5.74) is 7.33. The highest BCUT2D eigenvalue weighted by atomic mass is 127. The van der Waals surface area contributed by atoms with E-state index >= 15 is 0 Å². The van der Waals surface area contributed by atoms with Crippen LogP contribution in [0.3, 0.4) is 0 Å². The fraction of sp³-hybridized carbons (Fsp3) is 0.0667. The number of halogens is 1. The zero-order valence-corrected chi connectivity index (χ0v) is 13.3. The van der Waals surface area contributed by atoms with E-state index in [9.17, 15) is 9.59 Å². The van der Waals surface area contributed by atoms with Gasteiger partial charge in [-0.3, -0.25) is 9.59 Å². The molecule has 0 aromatic heterocycles. The van der Waals surface area contributed by atoms with Gasteiger partial charge in [0, 0.05) is 14.8 Å². The minimum atomic E-state index is -0.312. The molecule has 0 fully saturated rings. The molecule has 0 aliphatic carbocycles. The Balaban J connectivity index is 1.88. The van der Waals surface area contributed by atoms with E-state index in [0.717, 1.165) is 9.26 Å². The van der Waals surface area contributed by atoms with Crippen molar-refractivity contribution in [2.45, 2.75) is 0 Å². The van der Waals surface area contributed by atoms with Gasteiger partial charge in [-0.1, -0.05) is 12.1 Å². The van der Waals surface area contributed by atoms with E-state index in [0.29, 0.717) is 11.3 Å². The molecule has 0 aliphatic rings. The first-order valence-electron chi connectivity index (χ1n) is 6.24. The molecule has 5 nitrogen and oxygen atoms in total. The van der Waals surface area contributed by atoms with Crippen molar-refractivity contribution in [2.24, 2.45) is 0 Å². The van der Waals surface area contributed by atoms with Crippen LogP contribution in [0, 0.1) is 3.57 Å². The largest absolute Gasteiger partial charge is 0.399 e. The number of carbonyl (C=O) groups excluding carboxylic acids is 2. The third-order valence-electron chi connectivity index (χ3n) is 2.73. The maximum absolute atomic E-state index is 11.8. The van der Waals surface area contributed by atoms with E-state index in [-0.39, 0.29) is 18.4 Å². The van der Waals surface area contributed by atoms with Crippen LogP contribution in [-0.2, 0) is 4.79 Å². The summed E-state index contributed by atoms with van der Waals surface area (Å²) in [4.78, 5) is 23.7. The van der Waals surface area contributed by atoms with Crippen molar-refractivity contribution >= 4 is 45.8 Å². The quantitative estimate of drug-likeness (QED) is 0.549. The third kappa shape index (κ3) is 4.45. The molecule has 108 valence electrons. The van der Waals surface area contributed by atoms with E-state index in [4.69, 9.17) is 5.73 Å². The molecule has 4 N–H and O–H groups in total. The summed E-state index contributed by atoms with van der Waals surface area (Å²) in [6.45, 7) is -0.0891. The van der Waals surface area contributed by atoms with Gasteiger partial charge in [0.2, 0.25) is 5.91 Å². The van der Waals surface area contributed by atoms with Crippen molar-refractivity contribution in [1.82, 2.24) is 5.32 Å². The van der Waals surface area contributed by atoms with Gasteiger partial charge in [-0.15, -0.1) is 0 Å². The molecule has 2 aromatic carbocycles. The van der Waals surface area contributed by atoms with Gasteiger partial charge in [-0.25, -0.2) is 0 Å². The van der Waals surface area contributed by atoms with Gasteiger partial charge >= 0.3 is 0 Å². The third-order valence-corrected chi connectivity index (χ3v) is 3.67. The number of amides is 2. The molecule has 0 bridgehead atoms. The Morgan fingerprint density at radius 3 is 2.38 bits per heavy atom. The monoisotopic (exact) mass is 395 g/mol. The Morgan fingerprint density at radius 2 is 1.71 bits per heavy atom. The summed E-state index contributed by atoms with van der Waals surface area (Å²) < 4.78 is 0.938. The highest BCUT2D eigenvalue weighted by Crippen LogP contribution is 2.16. The smallest absolute Gasteiger partial charge is 0.251 e. The predicted molar refractivity (Wildman–Crippen MR) is 91.0 cm³/mol. The molecule has 2 rings (SSSR count). The van der Waals surface area contributed by atoms with Crippen molar-refractivity contribution in [3.63, 3.8) is 0 Å². The van der Waals surface area contributed by atoms with Gasteiger partial charge in [0.05, 0.1) is 12.2 Å². The summed E-state index contributed by atoms with van der Waals surface area (Å²) in [6, 6.07) is 13.9. The second kappa shape index (κ2) is 7.07. The standard InChI is InChI=1S/C15H14IN3O2/c16-12-3-1-2-4-13(12)19-14(20)9-18-15(21)10-5-7-11(17)8-6-10/h1-8H,9,17H2,(H,18,21)(H,19,20). The molecule has 0 spiro atoms. The van der Waals surface area contributed by atoms with Gasteiger partial charge in [0.25, 0.3) is 5.91 Å². The predicted octanol–water partition coefficient (Wildman–Crippen LogP) is 2.24. The van der Waals surface area contributed by atoms with Crippen LogP contribution in [0.2, 0.25) is 0 Å². The van der Waals surface area contributed by atoms with Crippen molar-refractivity contribution in [2.75, 3.05) is 17.6 Å². The van der Waals surface area contributed by atoms with Crippen LogP contribution in [0.1, 0.15) is 10.4 Å². The Kier molecular flexibility index (Phi) is 5.15. The van der Waals surface area contributed by atoms with Crippen LogP contribution in [0.25, 0.3) is 0 Å². The van der Waals surface area contributed by atoms with E-state index < -0.39 is 0 Å². The number of carbonyl (C=O) groups is 2. The highest BCUT2D eigenvalue weighted by molar-refractivity contribution is 14.1. The van der Waals surface area contributed by atoms with Crippen LogP contribution in [0.4, 0.5) is 11.4 Å². The Bertz CT molecular complexity index is 656. The summed E-state index contributed by atoms with van der Waals surface area (Å²) in [6.07, 6.45) is 0. The molecular formula is C15H14IN3O2. The molecule has 0 saturated carbocycles. The average Bonchev–Trinajstić information content (AvgIpc) is 2.48. The summed E-state index contributed by atoms with van der Waals surface area (Å²) in [5.74, 6) is -0.587. The summed E-state index contributed by atoms with van der Waals surface area (Å²) in [7, 11) is 0. The zero-order chi connectivity index (χ0) is 15.2. The number of anilines is 2. The SMILES string of the molecule is Nc1ccc(C(=O)NCC(=O)Nc2ccccc2I)cc1. The number of hydrogen-bond acceptors (Lipinski definition) is 3. The van der Waals surface area contributed by atoms with E-state index in [2.05, 4.69) is 33.2 Å². The van der Waals surface area contributed by atoms with E-state index in [1.54, 1.807) is 24.3 Å². The summed E-state index contributed by atoms with van der Waals surface area (Å²) >= 11 is 2.13. The molecule has 0 heterocycles. The van der Waals surface area contributed by atoms with Gasteiger partial charge in [-0.05, 0) is 59.0 Å². The van der Waals surface area contributed by atoms with Gasteiger partial charge < -0.3 is 16.4 Å². The van der Waals surface area contributed by atoms with Crippen molar-refractivity contribution in [3.05, 3.63) is 57.7 Å². The minimum absolute atomic E-state index is 0.0891. The van der Waals surface area contributed by atoms with E-state index in [1.807, 2.05) is 24.3 Å². The molecule has 0 radical (unpaired) electrons. The number of nitrogen functional groups attached to an aromatic ring is 1. The molecule has 2 amide bonds. The number of benzene rings is 2. The minimum Gasteiger partial charge on any atom is -0.399 e. The molecular weight excluding hydrogens is 381 g/mol. The Hall–Kier alpha value is -2.09. The second-order valence-corrected chi connectivity index (χ2v) is 5.49. The molecule has 6 heteroatoms. The summed E-state index contributed by atoms with van der Waals surface area (Å²) in [5, 5.41) is 5.31. The topological polar surface area (TPSA) is 84.2 Å². The first-order chi connectivity index (χ1) is 10.1. The number of nitrogens with two attached hydrogens (primary N) is 1. The lowest BCUT2D eigenvalue weighted by molar-refractivity contribution is -0.115. The molecule has 0 unspecified atom stereocenters. The molecule has 0 aliphatic heterocycles.